The van der Waals surface area contributed by atoms with Crippen LogP contribution >= 0.6 is 15.9 Å². The quantitative estimate of drug-likeness (QED) is 0.532. The van der Waals surface area contributed by atoms with E-state index in [-0.39, 0.29) is 12.3 Å². The number of non-ortho nitro benzene ring substituents is 1. The minimum Gasteiger partial charge on any atom is -0.388 e. The van der Waals surface area contributed by atoms with Crippen molar-refractivity contribution in [3.8, 4) is 0 Å². The first kappa shape index (κ1) is 15.4. The van der Waals surface area contributed by atoms with Gasteiger partial charge in [-0.3, -0.25) is 10.1 Å². The molecule has 2 heterocycles. The molecule has 118 valence electrons. The zero-order valence-corrected chi connectivity index (χ0v) is 12.8. The average Bonchev–Trinajstić information content (AvgIpc) is 2.81. The number of benzene rings is 1. The van der Waals surface area contributed by atoms with E-state index in [4.69, 9.17) is 4.74 Å². The summed E-state index contributed by atoms with van der Waals surface area (Å²) in [6.07, 6.45) is -3.22. The predicted molar refractivity (Wildman–Crippen MR) is 79.3 cm³/mol. The van der Waals surface area contributed by atoms with Gasteiger partial charge in [-0.05, 0) is 22.0 Å². The van der Waals surface area contributed by atoms with Gasteiger partial charge in [0, 0.05) is 28.2 Å². The maximum Gasteiger partial charge on any atom is 0.271 e. The van der Waals surface area contributed by atoms with Gasteiger partial charge in [0.15, 0.2) is 6.23 Å². The Bertz CT molecular complexity index is 733. The molecule has 22 heavy (non-hydrogen) atoms. The van der Waals surface area contributed by atoms with Gasteiger partial charge >= 0.3 is 0 Å². The molecular weight excluding hydrogens is 360 g/mol. The van der Waals surface area contributed by atoms with Gasteiger partial charge in [0.1, 0.15) is 18.3 Å². The van der Waals surface area contributed by atoms with Crippen LogP contribution in [0.3, 0.4) is 0 Å². The Kier molecular flexibility index (Phi) is 3.91. The number of hydrogen-bond acceptors (Lipinski definition) is 6. The molecule has 0 spiro atoms. The van der Waals surface area contributed by atoms with Gasteiger partial charge in [0.05, 0.1) is 17.0 Å². The van der Waals surface area contributed by atoms with Crippen molar-refractivity contribution in [2.45, 2.75) is 24.5 Å². The fraction of sp³-hybridized carbons (Fsp3) is 0.385. The number of hydrogen-bond donors (Lipinski definition) is 3. The lowest BCUT2D eigenvalue weighted by molar-refractivity contribution is -0.384. The SMILES string of the molecule is O=[N+]([O-])c1ccc2c(Br)cn([C@@H]3OC[C@@H](O)[C@H](O)[C@H]3O)c2c1. The van der Waals surface area contributed by atoms with Crippen molar-refractivity contribution in [3.63, 3.8) is 0 Å². The molecule has 1 saturated heterocycles. The zero-order chi connectivity index (χ0) is 16.0. The lowest BCUT2D eigenvalue weighted by Crippen LogP contribution is -2.50. The summed E-state index contributed by atoms with van der Waals surface area (Å²) >= 11 is 3.35. The van der Waals surface area contributed by atoms with Gasteiger partial charge in [0.25, 0.3) is 5.69 Å². The summed E-state index contributed by atoms with van der Waals surface area (Å²) in [6.45, 7) is -0.144. The summed E-state index contributed by atoms with van der Waals surface area (Å²) in [5, 5.41) is 41.0. The Labute approximate surface area is 132 Å². The third kappa shape index (κ3) is 2.40. The fourth-order valence-corrected chi connectivity index (χ4v) is 3.11. The van der Waals surface area contributed by atoms with Crippen molar-refractivity contribution in [3.05, 3.63) is 39.0 Å². The number of nitro groups is 1. The first-order valence-corrected chi connectivity index (χ1v) is 7.29. The Balaban J connectivity index is 2.10. The molecule has 1 aromatic carbocycles. The highest BCUT2D eigenvalue weighted by Gasteiger charge is 2.39. The van der Waals surface area contributed by atoms with E-state index in [9.17, 15) is 25.4 Å². The lowest BCUT2D eigenvalue weighted by atomic mass is 10.0. The summed E-state index contributed by atoms with van der Waals surface area (Å²) in [5.41, 5.74) is 0.388. The van der Waals surface area contributed by atoms with Crippen molar-refractivity contribution >= 4 is 32.5 Å². The minimum absolute atomic E-state index is 0.0924. The standard InChI is InChI=1S/C13H13BrN2O6/c14-8-4-15(13-12(19)11(18)10(17)5-22-13)9-3-6(16(20)21)1-2-7(8)9/h1-4,10-13,17-19H,5H2/t10-,11+,12-,13-/m1/s1. The number of aliphatic hydroxyl groups excluding tert-OH is 3. The highest BCUT2D eigenvalue weighted by Crippen LogP contribution is 2.34. The second-order valence-corrected chi connectivity index (χ2v) is 5.97. The second kappa shape index (κ2) is 5.60. The summed E-state index contributed by atoms with van der Waals surface area (Å²) in [6, 6.07) is 4.34. The van der Waals surface area contributed by atoms with Gasteiger partial charge in [-0.1, -0.05) is 0 Å². The molecule has 0 bridgehead atoms. The van der Waals surface area contributed by atoms with Gasteiger partial charge < -0.3 is 24.6 Å². The minimum atomic E-state index is -1.36. The average molecular weight is 373 g/mol. The number of nitrogens with zero attached hydrogens (tertiary/aromatic N) is 2. The topological polar surface area (TPSA) is 118 Å². The van der Waals surface area contributed by atoms with Gasteiger partial charge in [-0.2, -0.15) is 0 Å². The van der Waals surface area contributed by atoms with Gasteiger partial charge in [-0.25, -0.2) is 0 Å². The molecule has 0 saturated carbocycles. The van der Waals surface area contributed by atoms with E-state index in [2.05, 4.69) is 15.9 Å². The smallest absolute Gasteiger partial charge is 0.271 e. The van der Waals surface area contributed by atoms with Crippen molar-refractivity contribution in [2.24, 2.45) is 0 Å². The summed E-state index contributed by atoms with van der Waals surface area (Å²) < 4.78 is 7.57. The van der Waals surface area contributed by atoms with Crippen LogP contribution in [0.2, 0.25) is 0 Å². The summed E-state index contributed by atoms with van der Waals surface area (Å²) in [7, 11) is 0. The van der Waals surface area contributed by atoms with E-state index in [1.54, 1.807) is 12.3 Å². The number of halogens is 1. The molecule has 2 aromatic rings. The van der Waals surface area contributed by atoms with E-state index in [0.29, 0.717) is 15.4 Å². The van der Waals surface area contributed by atoms with Crippen LogP contribution in [0.1, 0.15) is 6.23 Å². The second-order valence-electron chi connectivity index (χ2n) is 5.12. The largest absolute Gasteiger partial charge is 0.388 e. The molecule has 1 aromatic heterocycles. The van der Waals surface area contributed by atoms with Gasteiger partial charge in [0.2, 0.25) is 0 Å². The van der Waals surface area contributed by atoms with Gasteiger partial charge in [-0.15, -0.1) is 0 Å². The maximum atomic E-state index is 10.9. The maximum absolute atomic E-state index is 10.9. The van der Waals surface area contributed by atoms with E-state index >= 15 is 0 Å². The van der Waals surface area contributed by atoms with E-state index < -0.39 is 29.5 Å². The first-order chi connectivity index (χ1) is 10.4. The molecule has 0 amide bonds. The number of nitro benzene ring substituents is 1. The van der Waals surface area contributed by atoms with Crippen LogP contribution in [0.4, 0.5) is 5.69 Å². The van der Waals surface area contributed by atoms with Crippen LogP contribution < -0.4 is 0 Å². The molecular formula is C13H13BrN2O6. The highest BCUT2D eigenvalue weighted by atomic mass is 79.9. The van der Waals surface area contributed by atoms with Crippen LogP contribution in [0.25, 0.3) is 10.9 Å². The molecule has 0 radical (unpaired) electrons. The van der Waals surface area contributed by atoms with Crippen LogP contribution in [0.5, 0.6) is 0 Å². The number of aliphatic hydroxyl groups is 3. The van der Waals surface area contributed by atoms with Crippen LogP contribution in [-0.4, -0.2) is 49.7 Å². The molecule has 1 aliphatic rings. The summed E-state index contributed by atoms with van der Waals surface area (Å²) in [5.74, 6) is 0. The Morgan fingerprint density at radius 1 is 1.32 bits per heavy atom. The van der Waals surface area contributed by atoms with Crippen molar-refractivity contribution < 1.29 is 25.0 Å². The van der Waals surface area contributed by atoms with Crippen molar-refractivity contribution in [1.29, 1.82) is 0 Å². The Hall–Kier alpha value is -1.52. The third-order valence-corrected chi connectivity index (χ3v) is 4.36. The Morgan fingerprint density at radius 2 is 2.05 bits per heavy atom. The molecule has 4 atom stereocenters. The molecule has 3 rings (SSSR count). The van der Waals surface area contributed by atoms with Crippen molar-refractivity contribution in [2.75, 3.05) is 6.61 Å². The molecule has 1 fully saturated rings. The molecule has 0 aliphatic carbocycles. The monoisotopic (exact) mass is 372 g/mol. The normalized spacial score (nSPS) is 28.9. The van der Waals surface area contributed by atoms with Crippen LogP contribution in [-0.2, 0) is 4.74 Å². The van der Waals surface area contributed by atoms with Crippen molar-refractivity contribution in [1.82, 2.24) is 4.57 Å². The molecule has 1 aliphatic heterocycles. The third-order valence-electron chi connectivity index (χ3n) is 3.73. The summed E-state index contributed by atoms with van der Waals surface area (Å²) in [4.78, 5) is 10.4. The lowest BCUT2D eigenvalue weighted by Gasteiger charge is -2.36. The predicted octanol–water partition coefficient (Wildman–Crippen LogP) is 0.923. The highest BCUT2D eigenvalue weighted by molar-refractivity contribution is 9.10. The van der Waals surface area contributed by atoms with E-state index in [1.807, 2.05) is 0 Å². The number of fused-ring (bicyclic) bond motifs is 1. The molecule has 3 N–H and O–H groups in total. The zero-order valence-electron chi connectivity index (χ0n) is 11.2. The Morgan fingerprint density at radius 3 is 2.73 bits per heavy atom. The number of rotatable bonds is 2. The first-order valence-electron chi connectivity index (χ1n) is 6.50. The van der Waals surface area contributed by atoms with Crippen LogP contribution in [0, 0.1) is 10.1 Å². The number of aromatic nitrogens is 1. The van der Waals surface area contributed by atoms with E-state index in [0.717, 1.165) is 0 Å². The molecule has 8 nitrogen and oxygen atoms in total. The fourth-order valence-electron chi connectivity index (χ4n) is 2.56. The molecule has 0 unspecified atom stereocenters. The van der Waals surface area contributed by atoms with Crippen LogP contribution in [0.15, 0.2) is 28.9 Å². The molecule has 9 heteroatoms. The number of ether oxygens (including phenoxy) is 1. The van der Waals surface area contributed by atoms with E-state index in [1.165, 1.54) is 16.7 Å².